The second kappa shape index (κ2) is 5.31. The fourth-order valence-corrected chi connectivity index (χ4v) is 6.22. The topological polar surface area (TPSA) is 101 Å². The van der Waals surface area contributed by atoms with Crippen LogP contribution in [0, 0.1) is 16.7 Å². The molecule has 130 valence electrons. The summed E-state index contributed by atoms with van der Waals surface area (Å²) in [5.74, 6) is -0.979. The summed E-state index contributed by atoms with van der Waals surface area (Å²) >= 11 is 0. The maximum Gasteiger partial charge on any atom is 0.335 e. The molecule has 2 atom stereocenters. The molecule has 0 saturated heterocycles. The van der Waals surface area contributed by atoms with Gasteiger partial charge in [0.25, 0.3) is 0 Å². The van der Waals surface area contributed by atoms with Crippen LogP contribution in [0.15, 0.2) is 24.3 Å². The van der Waals surface area contributed by atoms with Gasteiger partial charge >= 0.3 is 5.97 Å². The van der Waals surface area contributed by atoms with E-state index in [-0.39, 0.29) is 28.4 Å². The lowest BCUT2D eigenvalue weighted by atomic mass is 9.70. The molecular formula is C17H21NO5S. The van der Waals surface area contributed by atoms with Crippen molar-refractivity contribution < 1.29 is 23.1 Å². The Morgan fingerprint density at radius 3 is 2.38 bits per heavy atom. The van der Waals surface area contributed by atoms with E-state index in [4.69, 9.17) is 5.11 Å². The van der Waals surface area contributed by atoms with E-state index < -0.39 is 21.4 Å². The summed E-state index contributed by atoms with van der Waals surface area (Å²) in [4.78, 5) is 23.3. The second-order valence-corrected chi connectivity index (χ2v) is 9.13. The van der Waals surface area contributed by atoms with E-state index in [1.807, 2.05) is 13.8 Å². The van der Waals surface area contributed by atoms with Crippen molar-refractivity contribution in [2.24, 2.45) is 16.7 Å². The number of rotatable bonds is 5. The number of fused-ring (bicyclic) bond motifs is 2. The number of carbonyl (C=O) groups excluding carboxylic acids is 1. The number of hydrogen-bond acceptors (Lipinski definition) is 4. The van der Waals surface area contributed by atoms with Gasteiger partial charge in [-0.3, -0.25) is 9.52 Å². The van der Waals surface area contributed by atoms with Gasteiger partial charge in [-0.25, -0.2) is 13.2 Å². The number of hydrogen-bond donors (Lipinski definition) is 2. The van der Waals surface area contributed by atoms with Crippen LogP contribution in [-0.4, -0.2) is 31.0 Å². The summed E-state index contributed by atoms with van der Waals surface area (Å²) in [6, 6.07) is 5.51. The van der Waals surface area contributed by atoms with Gasteiger partial charge in [0.15, 0.2) is 0 Å². The van der Waals surface area contributed by atoms with Gasteiger partial charge < -0.3 is 5.11 Å². The van der Waals surface area contributed by atoms with Crippen LogP contribution < -0.4 is 4.72 Å². The van der Waals surface area contributed by atoms with E-state index in [0.29, 0.717) is 18.5 Å². The number of nitrogens with one attached hydrogen (secondary N) is 1. The molecule has 2 bridgehead atoms. The Balaban J connectivity index is 1.81. The van der Waals surface area contributed by atoms with Crippen molar-refractivity contribution in [3.8, 4) is 0 Å². The number of benzene rings is 1. The molecule has 7 heteroatoms. The first kappa shape index (κ1) is 17.0. The van der Waals surface area contributed by atoms with Crippen LogP contribution in [0.25, 0.3) is 0 Å². The fraction of sp³-hybridized carbons (Fsp3) is 0.529. The minimum absolute atomic E-state index is 0.0513. The second-order valence-electron chi connectivity index (χ2n) is 7.41. The van der Waals surface area contributed by atoms with Gasteiger partial charge in [-0.05, 0) is 48.4 Å². The molecule has 6 nitrogen and oxygen atoms in total. The maximum atomic E-state index is 12.6. The molecule has 0 heterocycles. The predicted octanol–water partition coefficient (Wildman–Crippen LogP) is 2.52. The van der Waals surface area contributed by atoms with Crippen LogP contribution in [0.2, 0.25) is 0 Å². The zero-order valence-electron chi connectivity index (χ0n) is 13.7. The normalized spacial score (nSPS) is 28.1. The first-order valence-electron chi connectivity index (χ1n) is 7.95. The molecule has 2 fully saturated rings. The maximum absolute atomic E-state index is 12.6. The number of carboxylic acid groups (broad SMARTS) is 1. The van der Waals surface area contributed by atoms with E-state index in [9.17, 15) is 18.0 Å². The highest BCUT2D eigenvalue weighted by Crippen LogP contribution is 2.64. The van der Waals surface area contributed by atoms with Gasteiger partial charge in [0.1, 0.15) is 5.78 Å². The average molecular weight is 351 g/mol. The number of Topliss-reactive ketones (excluding diaryl/α,β-unsaturated/α-hetero) is 1. The number of sulfonamides is 1. The molecule has 24 heavy (non-hydrogen) atoms. The third-order valence-electron chi connectivity index (χ3n) is 5.98. The molecule has 2 aliphatic carbocycles. The Morgan fingerprint density at radius 2 is 1.92 bits per heavy atom. The quantitative estimate of drug-likeness (QED) is 0.849. The molecule has 0 radical (unpaired) electrons. The summed E-state index contributed by atoms with van der Waals surface area (Å²) < 4.78 is 27.7. The van der Waals surface area contributed by atoms with Gasteiger partial charge in [0.05, 0.1) is 16.7 Å². The molecule has 3 rings (SSSR count). The number of ketones is 1. The van der Waals surface area contributed by atoms with E-state index >= 15 is 0 Å². The molecule has 2 aliphatic rings. The molecule has 0 aromatic heterocycles. The van der Waals surface area contributed by atoms with Crippen LogP contribution in [0.4, 0.5) is 5.69 Å². The number of anilines is 1. The fourth-order valence-electron chi connectivity index (χ4n) is 4.33. The van der Waals surface area contributed by atoms with Gasteiger partial charge in [0, 0.05) is 12.1 Å². The highest BCUT2D eigenvalue weighted by Gasteiger charge is 2.65. The zero-order chi connectivity index (χ0) is 17.8. The SMILES string of the molecule is CC1(C)[C@@H]2CC[C@@]1(CS(=O)(=O)Nc1ccc(C(=O)O)cc1)C(=O)C2. The van der Waals surface area contributed by atoms with Crippen molar-refractivity contribution >= 4 is 27.5 Å². The van der Waals surface area contributed by atoms with E-state index in [1.165, 1.54) is 24.3 Å². The van der Waals surface area contributed by atoms with Crippen LogP contribution in [-0.2, 0) is 14.8 Å². The number of aromatic carboxylic acids is 1. The van der Waals surface area contributed by atoms with E-state index in [1.54, 1.807) is 0 Å². The van der Waals surface area contributed by atoms with E-state index in [2.05, 4.69) is 4.72 Å². The molecule has 1 aromatic rings. The third kappa shape index (κ3) is 2.51. The Kier molecular flexibility index (Phi) is 3.75. The molecule has 2 saturated carbocycles. The van der Waals surface area contributed by atoms with Crippen molar-refractivity contribution in [1.29, 1.82) is 0 Å². The number of carboxylic acids is 1. The first-order valence-corrected chi connectivity index (χ1v) is 9.60. The summed E-state index contributed by atoms with van der Waals surface area (Å²) in [6.45, 7) is 3.99. The molecule has 0 unspecified atom stereocenters. The Morgan fingerprint density at radius 1 is 1.29 bits per heavy atom. The molecule has 2 N–H and O–H groups in total. The first-order chi connectivity index (χ1) is 11.1. The molecule has 0 aliphatic heterocycles. The van der Waals surface area contributed by atoms with Crippen LogP contribution in [0.3, 0.4) is 0 Å². The van der Waals surface area contributed by atoms with Gasteiger partial charge in [0.2, 0.25) is 10.0 Å². The smallest absolute Gasteiger partial charge is 0.335 e. The Bertz CT molecular complexity index is 797. The monoisotopic (exact) mass is 351 g/mol. The van der Waals surface area contributed by atoms with Crippen molar-refractivity contribution in [2.75, 3.05) is 10.5 Å². The summed E-state index contributed by atoms with van der Waals surface area (Å²) in [5, 5.41) is 8.88. The molecule has 0 spiro atoms. The van der Waals surface area contributed by atoms with Crippen molar-refractivity contribution in [3.05, 3.63) is 29.8 Å². The average Bonchev–Trinajstić information content (AvgIpc) is 2.81. The molecular weight excluding hydrogens is 330 g/mol. The lowest BCUT2D eigenvalue weighted by molar-refractivity contribution is -0.128. The summed E-state index contributed by atoms with van der Waals surface area (Å²) in [5.41, 5.74) is -0.743. The van der Waals surface area contributed by atoms with Crippen LogP contribution in [0.1, 0.15) is 43.5 Å². The Hall–Kier alpha value is -1.89. The standard InChI is InChI=1S/C17H21NO5S/c1-16(2)12-7-8-17(16,14(19)9-12)10-24(22,23)18-13-5-3-11(4-6-13)15(20)21/h3-6,12,18H,7-10H2,1-2H3,(H,20,21)/t12-,17-/m1/s1. The summed E-state index contributed by atoms with van der Waals surface area (Å²) in [6.07, 6.45) is 1.97. The zero-order valence-corrected chi connectivity index (χ0v) is 14.5. The van der Waals surface area contributed by atoms with Crippen LogP contribution in [0.5, 0.6) is 0 Å². The highest BCUT2D eigenvalue weighted by atomic mass is 32.2. The predicted molar refractivity (Wildman–Crippen MR) is 89.4 cm³/mol. The number of carbonyl (C=O) groups is 2. The highest BCUT2D eigenvalue weighted by molar-refractivity contribution is 7.92. The largest absolute Gasteiger partial charge is 0.478 e. The van der Waals surface area contributed by atoms with Gasteiger partial charge in [-0.15, -0.1) is 0 Å². The van der Waals surface area contributed by atoms with E-state index in [0.717, 1.165) is 6.42 Å². The lowest BCUT2D eigenvalue weighted by Gasteiger charge is -2.36. The van der Waals surface area contributed by atoms with Crippen molar-refractivity contribution in [2.45, 2.75) is 33.1 Å². The van der Waals surface area contributed by atoms with Crippen molar-refractivity contribution in [1.82, 2.24) is 0 Å². The van der Waals surface area contributed by atoms with Gasteiger partial charge in [-0.2, -0.15) is 0 Å². The molecule has 0 amide bonds. The lowest BCUT2D eigenvalue weighted by Crippen LogP contribution is -2.43. The minimum Gasteiger partial charge on any atom is -0.478 e. The summed E-state index contributed by atoms with van der Waals surface area (Å²) in [7, 11) is -3.72. The van der Waals surface area contributed by atoms with Crippen LogP contribution >= 0.6 is 0 Å². The third-order valence-corrected chi connectivity index (χ3v) is 7.40. The Labute approximate surface area is 141 Å². The van der Waals surface area contributed by atoms with Gasteiger partial charge in [-0.1, -0.05) is 13.8 Å². The van der Waals surface area contributed by atoms with Crippen molar-refractivity contribution in [3.63, 3.8) is 0 Å². The minimum atomic E-state index is -3.72. The molecule has 1 aromatic carbocycles.